The summed E-state index contributed by atoms with van der Waals surface area (Å²) in [6.45, 7) is 7.62. The van der Waals surface area contributed by atoms with Crippen LogP contribution in [-0.2, 0) is 19.1 Å². The average Bonchev–Trinajstić information content (AvgIpc) is 2.93. The van der Waals surface area contributed by atoms with Crippen LogP contribution in [-0.4, -0.2) is 91.4 Å². The van der Waals surface area contributed by atoms with Crippen LogP contribution in [0.4, 0.5) is 22.2 Å². The van der Waals surface area contributed by atoms with E-state index in [-0.39, 0.29) is 44.1 Å². The number of amides is 3. The topological polar surface area (TPSA) is 156 Å². The van der Waals surface area contributed by atoms with E-state index in [1.54, 1.807) is 27.0 Å². The largest absolute Gasteiger partial charge is 0.492 e. The van der Waals surface area contributed by atoms with Crippen LogP contribution >= 0.6 is 15.9 Å². The third-order valence-corrected chi connectivity index (χ3v) is 7.07. The molecular weight excluding hydrogens is 634 g/mol. The Hall–Kier alpha value is -3.65. The second-order valence-corrected chi connectivity index (χ2v) is 12.2. The number of rotatable bonds is 17. The highest BCUT2D eigenvalue weighted by atomic mass is 79.9. The van der Waals surface area contributed by atoms with Crippen molar-refractivity contribution in [3.05, 3.63) is 34.9 Å². The molecule has 3 rings (SSSR count). The van der Waals surface area contributed by atoms with Gasteiger partial charge < -0.3 is 40.4 Å². The lowest BCUT2D eigenvalue weighted by Crippen LogP contribution is -2.37. The van der Waals surface area contributed by atoms with Gasteiger partial charge in [0, 0.05) is 44.5 Å². The van der Waals surface area contributed by atoms with Gasteiger partial charge in [0.05, 0.1) is 17.6 Å². The van der Waals surface area contributed by atoms with Crippen molar-refractivity contribution >= 4 is 51.3 Å². The minimum atomic E-state index is -0.569. The SMILES string of the molecule is CN(CCCNc1nc(Nc2ccc(OCCNC(=O)COCCNC(=O)OC(C)(C)C)cc2)ncc1Br)C(=O)C1CCC1. The molecule has 4 N–H and O–H groups in total. The lowest BCUT2D eigenvalue weighted by atomic mass is 9.84. The van der Waals surface area contributed by atoms with Gasteiger partial charge in [-0.05, 0) is 80.2 Å². The standard InChI is InChI=1S/C30H44BrN7O6/c1-30(2,3)44-29(41)34-14-17-42-20-25(39)32-15-18-43-23-11-9-22(10-12-23)36-28-35-19-24(31)26(37-28)33-13-6-16-38(4)27(40)21-7-5-8-21/h9-12,19,21H,5-8,13-18,20H2,1-4H3,(H,32,39)(H,34,41)(H2,33,35,36,37). The number of hydrogen-bond donors (Lipinski definition) is 4. The normalized spacial score (nSPS) is 12.9. The first-order valence-electron chi connectivity index (χ1n) is 14.8. The minimum absolute atomic E-state index is 0.121. The van der Waals surface area contributed by atoms with Gasteiger partial charge in [-0.25, -0.2) is 9.78 Å². The van der Waals surface area contributed by atoms with Gasteiger partial charge in [-0.15, -0.1) is 0 Å². The molecule has 1 fully saturated rings. The zero-order chi connectivity index (χ0) is 32.0. The van der Waals surface area contributed by atoms with Gasteiger partial charge in [0.1, 0.15) is 30.4 Å². The Morgan fingerprint density at radius 2 is 1.77 bits per heavy atom. The second kappa shape index (κ2) is 17.6. The summed E-state index contributed by atoms with van der Waals surface area (Å²) < 4.78 is 16.8. The minimum Gasteiger partial charge on any atom is -0.492 e. The summed E-state index contributed by atoms with van der Waals surface area (Å²) in [4.78, 5) is 46.5. The number of alkyl carbamates (subject to hydrolysis) is 1. The van der Waals surface area contributed by atoms with E-state index >= 15 is 0 Å². The van der Waals surface area contributed by atoms with E-state index < -0.39 is 11.7 Å². The number of benzene rings is 1. The number of nitrogens with one attached hydrogen (secondary N) is 4. The molecule has 1 aromatic heterocycles. The molecule has 44 heavy (non-hydrogen) atoms. The number of ether oxygens (including phenoxy) is 3. The van der Waals surface area contributed by atoms with Crippen LogP contribution in [0.3, 0.4) is 0 Å². The molecule has 1 aliphatic rings. The third-order valence-electron chi connectivity index (χ3n) is 6.49. The first-order chi connectivity index (χ1) is 21.0. The van der Waals surface area contributed by atoms with Crippen molar-refractivity contribution in [3.63, 3.8) is 0 Å². The Kier molecular flexibility index (Phi) is 13.9. The maximum atomic E-state index is 12.3. The van der Waals surface area contributed by atoms with Gasteiger partial charge >= 0.3 is 6.09 Å². The summed E-state index contributed by atoms with van der Waals surface area (Å²) in [5.74, 6) is 1.94. The van der Waals surface area contributed by atoms with Crippen LogP contribution in [0, 0.1) is 5.92 Å². The average molecular weight is 679 g/mol. The number of carbonyl (C=O) groups excluding carboxylic acids is 3. The fourth-order valence-corrected chi connectivity index (χ4v) is 4.36. The Balaban J connectivity index is 1.29. The van der Waals surface area contributed by atoms with Crippen molar-refractivity contribution in [3.8, 4) is 5.75 Å². The van der Waals surface area contributed by atoms with E-state index in [4.69, 9.17) is 14.2 Å². The van der Waals surface area contributed by atoms with Gasteiger partial charge in [0.25, 0.3) is 0 Å². The molecular formula is C30H44BrN7O6. The van der Waals surface area contributed by atoms with Crippen LogP contribution in [0.1, 0.15) is 46.5 Å². The smallest absolute Gasteiger partial charge is 0.407 e. The van der Waals surface area contributed by atoms with E-state index in [1.807, 2.05) is 36.2 Å². The third kappa shape index (κ3) is 12.9. The number of carbonyl (C=O) groups is 3. The molecule has 0 unspecified atom stereocenters. The molecule has 1 aromatic carbocycles. The fourth-order valence-electron chi connectivity index (χ4n) is 4.03. The first kappa shape index (κ1) is 34.8. The molecule has 2 aromatic rings. The summed E-state index contributed by atoms with van der Waals surface area (Å²) in [5, 5.41) is 11.8. The van der Waals surface area contributed by atoms with Crippen LogP contribution in [0.2, 0.25) is 0 Å². The predicted octanol–water partition coefficient (Wildman–Crippen LogP) is 4.08. The molecule has 3 amide bonds. The maximum absolute atomic E-state index is 12.3. The van der Waals surface area contributed by atoms with E-state index in [0.717, 1.165) is 35.8 Å². The molecule has 14 heteroatoms. The van der Waals surface area contributed by atoms with Crippen molar-refractivity contribution in [2.75, 3.05) is 63.7 Å². The summed E-state index contributed by atoms with van der Waals surface area (Å²) >= 11 is 3.49. The van der Waals surface area contributed by atoms with E-state index in [0.29, 0.717) is 37.1 Å². The van der Waals surface area contributed by atoms with Gasteiger partial charge in [0.15, 0.2) is 0 Å². The monoisotopic (exact) mass is 677 g/mol. The first-order valence-corrected chi connectivity index (χ1v) is 15.6. The molecule has 0 atom stereocenters. The fraction of sp³-hybridized carbons (Fsp3) is 0.567. The zero-order valence-corrected chi connectivity index (χ0v) is 27.5. The molecule has 0 aliphatic heterocycles. The quantitative estimate of drug-likeness (QED) is 0.180. The number of halogens is 1. The zero-order valence-electron chi connectivity index (χ0n) is 25.9. The highest BCUT2D eigenvalue weighted by Gasteiger charge is 2.27. The molecule has 242 valence electrons. The van der Waals surface area contributed by atoms with Crippen LogP contribution in [0.15, 0.2) is 34.9 Å². The lowest BCUT2D eigenvalue weighted by molar-refractivity contribution is -0.136. The number of aromatic nitrogens is 2. The van der Waals surface area contributed by atoms with Crippen molar-refractivity contribution in [2.45, 2.75) is 52.1 Å². The van der Waals surface area contributed by atoms with Crippen molar-refractivity contribution in [2.24, 2.45) is 5.92 Å². The van der Waals surface area contributed by atoms with Gasteiger partial charge in [-0.3, -0.25) is 9.59 Å². The Bertz CT molecular complexity index is 1220. The van der Waals surface area contributed by atoms with Gasteiger partial charge in [-0.2, -0.15) is 4.98 Å². The summed E-state index contributed by atoms with van der Waals surface area (Å²) in [5.41, 5.74) is 0.217. The maximum Gasteiger partial charge on any atom is 0.407 e. The molecule has 0 radical (unpaired) electrons. The van der Waals surface area contributed by atoms with Crippen LogP contribution in [0.25, 0.3) is 0 Å². The van der Waals surface area contributed by atoms with Crippen LogP contribution in [0.5, 0.6) is 5.75 Å². The van der Waals surface area contributed by atoms with Crippen molar-refractivity contribution < 1.29 is 28.6 Å². The number of anilines is 3. The molecule has 0 spiro atoms. The Morgan fingerprint density at radius 3 is 2.45 bits per heavy atom. The Morgan fingerprint density at radius 1 is 1.05 bits per heavy atom. The summed E-state index contributed by atoms with van der Waals surface area (Å²) in [7, 11) is 1.87. The number of nitrogens with zero attached hydrogens (tertiary/aromatic N) is 3. The lowest BCUT2D eigenvalue weighted by Gasteiger charge is -2.29. The van der Waals surface area contributed by atoms with E-state index in [1.165, 1.54) is 0 Å². The van der Waals surface area contributed by atoms with Gasteiger partial charge in [0.2, 0.25) is 17.8 Å². The van der Waals surface area contributed by atoms with Gasteiger partial charge in [-0.1, -0.05) is 6.42 Å². The predicted molar refractivity (Wildman–Crippen MR) is 171 cm³/mol. The summed E-state index contributed by atoms with van der Waals surface area (Å²) in [6, 6.07) is 7.32. The summed E-state index contributed by atoms with van der Waals surface area (Å²) in [6.07, 6.45) is 5.14. The van der Waals surface area contributed by atoms with Crippen molar-refractivity contribution in [1.82, 2.24) is 25.5 Å². The molecule has 0 bridgehead atoms. The molecule has 0 saturated heterocycles. The van der Waals surface area contributed by atoms with E-state index in [9.17, 15) is 14.4 Å². The number of hydrogen-bond acceptors (Lipinski definition) is 10. The Labute approximate surface area is 267 Å². The van der Waals surface area contributed by atoms with E-state index in [2.05, 4.69) is 47.2 Å². The van der Waals surface area contributed by atoms with Crippen LogP contribution < -0.4 is 26.0 Å². The highest BCUT2D eigenvalue weighted by molar-refractivity contribution is 9.10. The molecule has 1 heterocycles. The molecule has 1 aliphatic carbocycles. The second-order valence-electron chi connectivity index (χ2n) is 11.4. The molecule has 13 nitrogen and oxygen atoms in total. The van der Waals surface area contributed by atoms with Crippen molar-refractivity contribution in [1.29, 1.82) is 0 Å². The highest BCUT2D eigenvalue weighted by Crippen LogP contribution is 2.28. The molecule has 1 saturated carbocycles.